The van der Waals surface area contributed by atoms with Gasteiger partial charge < -0.3 is 15.1 Å². The van der Waals surface area contributed by atoms with E-state index in [0.717, 1.165) is 32.6 Å². The van der Waals surface area contributed by atoms with Crippen molar-refractivity contribution in [2.75, 3.05) is 38.5 Å². The number of amides is 1. The number of anilines is 1. The molecule has 0 bridgehead atoms. The van der Waals surface area contributed by atoms with Crippen molar-refractivity contribution in [2.24, 2.45) is 0 Å². The lowest BCUT2D eigenvalue weighted by Crippen LogP contribution is -2.47. The van der Waals surface area contributed by atoms with Crippen LogP contribution < -0.4 is 5.32 Å². The minimum atomic E-state index is -0.00676. The second kappa shape index (κ2) is 6.65. The maximum atomic E-state index is 12.4. The smallest absolute Gasteiger partial charge is 0.272 e. The zero-order valence-corrected chi connectivity index (χ0v) is 12.5. The summed E-state index contributed by atoms with van der Waals surface area (Å²) in [4.78, 5) is 25.0. The molecule has 6 nitrogen and oxygen atoms in total. The molecule has 20 heavy (non-hydrogen) atoms. The first-order valence-electron chi connectivity index (χ1n) is 7.17. The SMILES string of the molecule is CCC(C)Nc1nccc(C(=O)N2CCN(C)CC2)n1. The summed E-state index contributed by atoms with van der Waals surface area (Å²) in [5, 5.41) is 3.20. The molecule has 1 N–H and O–H groups in total. The van der Waals surface area contributed by atoms with Gasteiger partial charge in [-0.15, -0.1) is 0 Å². The van der Waals surface area contributed by atoms with Crippen molar-refractivity contribution in [3.05, 3.63) is 18.0 Å². The van der Waals surface area contributed by atoms with Crippen molar-refractivity contribution in [3.63, 3.8) is 0 Å². The molecular weight excluding hydrogens is 254 g/mol. The summed E-state index contributed by atoms with van der Waals surface area (Å²) in [6, 6.07) is 1.98. The van der Waals surface area contributed by atoms with Gasteiger partial charge in [-0.2, -0.15) is 0 Å². The Morgan fingerprint density at radius 2 is 2.10 bits per heavy atom. The van der Waals surface area contributed by atoms with Crippen molar-refractivity contribution in [1.29, 1.82) is 0 Å². The quantitative estimate of drug-likeness (QED) is 0.892. The molecule has 110 valence electrons. The third-order valence-electron chi connectivity index (χ3n) is 3.65. The predicted molar refractivity (Wildman–Crippen MR) is 78.8 cm³/mol. The van der Waals surface area contributed by atoms with Crippen LogP contribution in [0.25, 0.3) is 0 Å². The molecule has 1 aliphatic heterocycles. The Morgan fingerprint density at radius 1 is 1.40 bits per heavy atom. The number of carbonyl (C=O) groups excluding carboxylic acids is 1. The highest BCUT2D eigenvalue weighted by molar-refractivity contribution is 5.92. The monoisotopic (exact) mass is 277 g/mol. The number of piperazine rings is 1. The second-order valence-electron chi connectivity index (χ2n) is 5.31. The highest BCUT2D eigenvalue weighted by atomic mass is 16.2. The molecule has 1 aromatic rings. The van der Waals surface area contributed by atoms with Gasteiger partial charge in [0, 0.05) is 38.4 Å². The number of aromatic nitrogens is 2. The van der Waals surface area contributed by atoms with Crippen LogP contribution in [0, 0.1) is 0 Å². The fraction of sp³-hybridized carbons (Fsp3) is 0.643. The molecule has 1 unspecified atom stereocenters. The van der Waals surface area contributed by atoms with Crippen LogP contribution in [0.3, 0.4) is 0 Å². The lowest BCUT2D eigenvalue weighted by Gasteiger charge is -2.32. The molecule has 0 spiro atoms. The molecule has 0 saturated carbocycles. The Labute approximate surface area is 120 Å². The van der Waals surface area contributed by atoms with Crippen LogP contribution in [0.4, 0.5) is 5.95 Å². The van der Waals surface area contributed by atoms with Gasteiger partial charge in [0.1, 0.15) is 5.69 Å². The molecule has 0 aromatic carbocycles. The second-order valence-corrected chi connectivity index (χ2v) is 5.31. The van der Waals surface area contributed by atoms with Gasteiger partial charge in [-0.05, 0) is 26.5 Å². The Hall–Kier alpha value is -1.69. The van der Waals surface area contributed by atoms with Gasteiger partial charge in [-0.3, -0.25) is 4.79 Å². The standard InChI is InChI=1S/C14H23N5O/c1-4-11(2)16-14-15-6-5-12(17-14)13(20)19-9-7-18(3)8-10-19/h5-6,11H,4,7-10H2,1-3H3,(H,15,16,17). The lowest BCUT2D eigenvalue weighted by molar-refractivity contribution is 0.0658. The van der Waals surface area contributed by atoms with Gasteiger partial charge in [0.05, 0.1) is 0 Å². The molecule has 2 rings (SSSR count). The first kappa shape index (κ1) is 14.7. The van der Waals surface area contributed by atoms with Gasteiger partial charge in [0.25, 0.3) is 5.91 Å². The minimum absolute atomic E-state index is 0.00676. The number of hydrogen-bond donors (Lipinski definition) is 1. The maximum Gasteiger partial charge on any atom is 0.272 e. The molecule has 1 fully saturated rings. The summed E-state index contributed by atoms with van der Waals surface area (Å²) in [5.74, 6) is 0.520. The van der Waals surface area contributed by atoms with Crippen molar-refractivity contribution in [2.45, 2.75) is 26.3 Å². The highest BCUT2D eigenvalue weighted by Gasteiger charge is 2.21. The molecule has 1 aliphatic rings. The van der Waals surface area contributed by atoms with Crippen LogP contribution >= 0.6 is 0 Å². The number of nitrogens with one attached hydrogen (secondary N) is 1. The van der Waals surface area contributed by atoms with E-state index in [1.54, 1.807) is 12.3 Å². The van der Waals surface area contributed by atoms with E-state index in [2.05, 4.69) is 41.1 Å². The van der Waals surface area contributed by atoms with E-state index in [9.17, 15) is 4.79 Å². The van der Waals surface area contributed by atoms with Gasteiger partial charge in [0.2, 0.25) is 5.95 Å². The van der Waals surface area contributed by atoms with Crippen LogP contribution in [0.15, 0.2) is 12.3 Å². The van der Waals surface area contributed by atoms with Crippen LogP contribution in [-0.4, -0.2) is 64.9 Å². The fourth-order valence-electron chi connectivity index (χ4n) is 2.04. The molecule has 2 heterocycles. The van der Waals surface area contributed by atoms with Crippen LogP contribution in [0.1, 0.15) is 30.8 Å². The topological polar surface area (TPSA) is 61.4 Å². The normalized spacial score (nSPS) is 17.9. The van der Waals surface area contributed by atoms with E-state index in [0.29, 0.717) is 17.7 Å². The Kier molecular flexibility index (Phi) is 4.89. The van der Waals surface area contributed by atoms with Gasteiger partial charge in [-0.25, -0.2) is 9.97 Å². The van der Waals surface area contributed by atoms with Crippen LogP contribution in [0.2, 0.25) is 0 Å². The minimum Gasteiger partial charge on any atom is -0.352 e. The molecule has 1 amide bonds. The number of nitrogens with zero attached hydrogens (tertiary/aromatic N) is 4. The van der Waals surface area contributed by atoms with E-state index in [1.165, 1.54) is 0 Å². The Balaban J connectivity index is 2.04. The van der Waals surface area contributed by atoms with Crippen LogP contribution in [0.5, 0.6) is 0 Å². The zero-order chi connectivity index (χ0) is 14.5. The fourth-order valence-corrected chi connectivity index (χ4v) is 2.04. The Bertz CT molecular complexity index is 457. The largest absolute Gasteiger partial charge is 0.352 e. The van der Waals surface area contributed by atoms with Crippen molar-refractivity contribution in [1.82, 2.24) is 19.8 Å². The zero-order valence-electron chi connectivity index (χ0n) is 12.5. The van der Waals surface area contributed by atoms with E-state index in [-0.39, 0.29) is 5.91 Å². The summed E-state index contributed by atoms with van der Waals surface area (Å²) < 4.78 is 0. The summed E-state index contributed by atoms with van der Waals surface area (Å²) in [7, 11) is 2.07. The summed E-state index contributed by atoms with van der Waals surface area (Å²) >= 11 is 0. The molecular formula is C14H23N5O. The average Bonchev–Trinajstić information content (AvgIpc) is 2.47. The average molecular weight is 277 g/mol. The number of carbonyl (C=O) groups is 1. The van der Waals surface area contributed by atoms with E-state index in [4.69, 9.17) is 0 Å². The van der Waals surface area contributed by atoms with Crippen molar-refractivity contribution >= 4 is 11.9 Å². The number of hydrogen-bond acceptors (Lipinski definition) is 5. The summed E-state index contributed by atoms with van der Waals surface area (Å²) in [5.41, 5.74) is 0.468. The molecule has 0 aliphatic carbocycles. The first-order chi connectivity index (χ1) is 9.60. The van der Waals surface area contributed by atoms with Crippen molar-refractivity contribution < 1.29 is 4.79 Å². The van der Waals surface area contributed by atoms with E-state index < -0.39 is 0 Å². The lowest BCUT2D eigenvalue weighted by atomic mass is 10.2. The predicted octanol–water partition coefficient (Wildman–Crippen LogP) is 1.07. The van der Waals surface area contributed by atoms with Crippen molar-refractivity contribution in [3.8, 4) is 0 Å². The van der Waals surface area contributed by atoms with E-state index in [1.807, 2.05) is 4.90 Å². The van der Waals surface area contributed by atoms with Gasteiger partial charge >= 0.3 is 0 Å². The maximum absolute atomic E-state index is 12.4. The molecule has 0 radical (unpaired) electrons. The van der Waals surface area contributed by atoms with E-state index >= 15 is 0 Å². The van der Waals surface area contributed by atoms with Gasteiger partial charge in [0.15, 0.2) is 0 Å². The number of rotatable bonds is 4. The number of likely N-dealkylation sites (N-methyl/N-ethyl adjacent to an activating group) is 1. The molecule has 6 heteroatoms. The molecule has 1 saturated heterocycles. The highest BCUT2D eigenvalue weighted by Crippen LogP contribution is 2.09. The first-order valence-corrected chi connectivity index (χ1v) is 7.17. The van der Waals surface area contributed by atoms with Crippen LogP contribution in [-0.2, 0) is 0 Å². The third-order valence-corrected chi connectivity index (χ3v) is 3.65. The third kappa shape index (κ3) is 3.66. The Morgan fingerprint density at radius 3 is 2.75 bits per heavy atom. The van der Waals surface area contributed by atoms with Gasteiger partial charge in [-0.1, -0.05) is 6.92 Å². The summed E-state index contributed by atoms with van der Waals surface area (Å²) in [6.07, 6.45) is 2.63. The molecule has 1 aromatic heterocycles. The molecule has 1 atom stereocenters. The summed E-state index contributed by atoms with van der Waals surface area (Å²) in [6.45, 7) is 7.50.